The van der Waals surface area contributed by atoms with Gasteiger partial charge in [-0.3, -0.25) is 4.79 Å². The minimum Gasteiger partial charge on any atom is -0.381 e. The molecule has 0 saturated heterocycles. The average molecular weight is 199 g/mol. The molecule has 0 saturated carbocycles. The SMILES string of the molecule is CCOCCc1ncc(C(C)=O)s1. The Labute approximate surface area is 81.8 Å². The third-order valence-corrected chi connectivity index (χ3v) is 2.72. The van der Waals surface area contributed by atoms with E-state index in [9.17, 15) is 4.79 Å². The number of ether oxygens (including phenoxy) is 1. The Morgan fingerprint density at radius 2 is 2.46 bits per heavy atom. The van der Waals surface area contributed by atoms with Gasteiger partial charge in [-0.25, -0.2) is 4.98 Å². The number of carbonyl (C=O) groups excluding carboxylic acids is 1. The van der Waals surface area contributed by atoms with Crippen LogP contribution in [0, 0.1) is 0 Å². The molecule has 0 spiro atoms. The maximum absolute atomic E-state index is 10.9. The summed E-state index contributed by atoms with van der Waals surface area (Å²) >= 11 is 1.45. The fourth-order valence-corrected chi connectivity index (χ4v) is 1.69. The van der Waals surface area contributed by atoms with Crippen molar-refractivity contribution >= 4 is 17.1 Å². The lowest BCUT2D eigenvalue weighted by Gasteiger charge is -1.96. The quantitative estimate of drug-likeness (QED) is 0.537. The zero-order chi connectivity index (χ0) is 9.68. The lowest BCUT2D eigenvalue weighted by Crippen LogP contribution is -1.96. The summed E-state index contributed by atoms with van der Waals surface area (Å²) in [5, 5.41) is 0.971. The first-order valence-electron chi connectivity index (χ1n) is 4.27. The van der Waals surface area contributed by atoms with E-state index in [0.717, 1.165) is 22.9 Å². The molecular formula is C9H13NO2S. The lowest BCUT2D eigenvalue weighted by atomic mass is 10.4. The number of hydrogen-bond donors (Lipinski definition) is 0. The van der Waals surface area contributed by atoms with E-state index in [0.29, 0.717) is 6.61 Å². The first-order valence-corrected chi connectivity index (χ1v) is 5.09. The van der Waals surface area contributed by atoms with Gasteiger partial charge in [0.15, 0.2) is 5.78 Å². The molecule has 0 aromatic carbocycles. The number of nitrogens with zero attached hydrogens (tertiary/aromatic N) is 1. The molecule has 72 valence electrons. The van der Waals surface area contributed by atoms with Gasteiger partial charge < -0.3 is 4.74 Å². The fourth-order valence-electron chi connectivity index (χ4n) is 0.892. The van der Waals surface area contributed by atoms with Crippen LogP contribution in [-0.4, -0.2) is 24.0 Å². The molecule has 0 N–H and O–H groups in total. The van der Waals surface area contributed by atoms with Crippen LogP contribution >= 0.6 is 11.3 Å². The third-order valence-electron chi connectivity index (χ3n) is 1.56. The van der Waals surface area contributed by atoms with E-state index in [4.69, 9.17) is 4.74 Å². The second-order valence-corrected chi connectivity index (χ2v) is 3.74. The van der Waals surface area contributed by atoms with Gasteiger partial charge in [-0.05, 0) is 6.92 Å². The van der Waals surface area contributed by atoms with E-state index in [-0.39, 0.29) is 5.78 Å². The molecule has 0 bridgehead atoms. The summed E-state index contributed by atoms with van der Waals surface area (Å²) in [6.07, 6.45) is 2.43. The van der Waals surface area contributed by atoms with Gasteiger partial charge in [-0.1, -0.05) is 0 Å². The van der Waals surface area contributed by atoms with Crippen molar-refractivity contribution in [3.8, 4) is 0 Å². The minimum absolute atomic E-state index is 0.0835. The van der Waals surface area contributed by atoms with Crippen LogP contribution in [0.3, 0.4) is 0 Å². The molecule has 0 radical (unpaired) electrons. The molecule has 0 fully saturated rings. The van der Waals surface area contributed by atoms with Crippen LogP contribution in [-0.2, 0) is 11.2 Å². The number of hydrogen-bond acceptors (Lipinski definition) is 4. The molecule has 0 unspecified atom stereocenters. The van der Waals surface area contributed by atoms with Gasteiger partial charge in [-0.2, -0.15) is 0 Å². The Morgan fingerprint density at radius 1 is 1.69 bits per heavy atom. The largest absolute Gasteiger partial charge is 0.381 e. The predicted molar refractivity (Wildman–Crippen MR) is 52.3 cm³/mol. The zero-order valence-electron chi connectivity index (χ0n) is 7.87. The molecule has 13 heavy (non-hydrogen) atoms. The number of aromatic nitrogens is 1. The van der Waals surface area contributed by atoms with Crippen LogP contribution < -0.4 is 0 Å². The topological polar surface area (TPSA) is 39.2 Å². The molecule has 4 heteroatoms. The highest BCUT2D eigenvalue weighted by molar-refractivity contribution is 7.13. The van der Waals surface area contributed by atoms with Crippen molar-refractivity contribution in [2.75, 3.05) is 13.2 Å². The number of Topliss-reactive ketones (excluding diaryl/α,β-unsaturated/α-hetero) is 1. The highest BCUT2D eigenvalue weighted by Gasteiger charge is 2.04. The monoisotopic (exact) mass is 199 g/mol. The van der Waals surface area contributed by atoms with Gasteiger partial charge in [0.05, 0.1) is 16.5 Å². The van der Waals surface area contributed by atoms with Crippen LogP contribution in [0.15, 0.2) is 6.20 Å². The Morgan fingerprint density at radius 3 is 3.00 bits per heavy atom. The van der Waals surface area contributed by atoms with Crippen molar-refractivity contribution in [1.29, 1.82) is 0 Å². The van der Waals surface area contributed by atoms with Crippen LogP contribution in [0.4, 0.5) is 0 Å². The van der Waals surface area contributed by atoms with Crippen LogP contribution in [0.2, 0.25) is 0 Å². The van der Waals surface area contributed by atoms with Crippen molar-refractivity contribution in [3.05, 3.63) is 16.1 Å². The van der Waals surface area contributed by atoms with Gasteiger partial charge in [0, 0.05) is 26.1 Å². The van der Waals surface area contributed by atoms with Gasteiger partial charge in [0.2, 0.25) is 0 Å². The Bertz CT molecular complexity index is 283. The smallest absolute Gasteiger partial charge is 0.171 e. The van der Waals surface area contributed by atoms with Gasteiger partial charge >= 0.3 is 0 Å². The highest BCUT2D eigenvalue weighted by atomic mass is 32.1. The average Bonchev–Trinajstić information content (AvgIpc) is 2.53. The molecule has 1 rings (SSSR count). The Hall–Kier alpha value is -0.740. The maximum Gasteiger partial charge on any atom is 0.171 e. The molecule has 0 atom stereocenters. The Kier molecular flexibility index (Phi) is 4.05. The summed E-state index contributed by atoms with van der Waals surface area (Å²) in [5.74, 6) is 0.0835. The predicted octanol–water partition coefficient (Wildman–Crippen LogP) is 1.92. The van der Waals surface area contributed by atoms with Gasteiger partial charge in [0.1, 0.15) is 0 Å². The first-order chi connectivity index (χ1) is 6.24. The van der Waals surface area contributed by atoms with Crippen molar-refractivity contribution in [3.63, 3.8) is 0 Å². The highest BCUT2D eigenvalue weighted by Crippen LogP contribution is 2.13. The second kappa shape index (κ2) is 5.09. The van der Waals surface area contributed by atoms with Gasteiger partial charge in [-0.15, -0.1) is 11.3 Å². The number of ketones is 1. The standard InChI is InChI=1S/C9H13NO2S/c1-3-12-5-4-9-10-6-8(13-9)7(2)11/h6H,3-5H2,1-2H3. The summed E-state index contributed by atoms with van der Waals surface area (Å²) in [5.41, 5.74) is 0. The van der Waals surface area contributed by atoms with E-state index < -0.39 is 0 Å². The summed E-state index contributed by atoms with van der Waals surface area (Å²) in [6, 6.07) is 0. The molecule has 0 aliphatic heterocycles. The molecule has 1 aromatic heterocycles. The number of carbonyl (C=O) groups is 1. The van der Waals surface area contributed by atoms with E-state index in [1.165, 1.54) is 11.3 Å². The van der Waals surface area contributed by atoms with Crippen LogP contribution in [0.25, 0.3) is 0 Å². The van der Waals surface area contributed by atoms with E-state index in [1.807, 2.05) is 6.92 Å². The number of thiazole rings is 1. The first kappa shape index (κ1) is 10.3. The minimum atomic E-state index is 0.0835. The molecule has 0 amide bonds. The normalized spacial score (nSPS) is 10.3. The van der Waals surface area contributed by atoms with Crippen molar-refractivity contribution in [2.24, 2.45) is 0 Å². The Balaban J connectivity index is 2.44. The summed E-state index contributed by atoms with van der Waals surface area (Å²) < 4.78 is 5.19. The van der Waals surface area contributed by atoms with Crippen molar-refractivity contribution in [1.82, 2.24) is 4.98 Å². The molecule has 0 aliphatic rings. The fraction of sp³-hybridized carbons (Fsp3) is 0.556. The van der Waals surface area contributed by atoms with Gasteiger partial charge in [0.25, 0.3) is 0 Å². The molecule has 1 heterocycles. The van der Waals surface area contributed by atoms with E-state index in [1.54, 1.807) is 13.1 Å². The van der Waals surface area contributed by atoms with E-state index in [2.05, 4.69) is 4.98 Å². The molecule has 0 aliphatic carbocycles. The lowest BCUT2D eigenvalue weighted by molar-refractivity contribution is 0.102. The second-order valence-electron chi connectivity index (χ2n) is 2.62. The van der Waals surface area contributed by atoms with Crippen molar-refractivity contribution < 1.29 is 9.53 Å². The third kappa shape index (κ3) is 3.24. The molecule has 1 aromatic rings. The van der Waals surface area contributed by atoms with Crippen molar-refractivity contribution in [2.45, 2.75) is 20.3 Å². The molecular weight excluding hydrogens is 186 g/mol. The van der Waals surface area contributed by atoms with E-state index >= 15 is 0 Å². The zero-order valence-corrected chi connectivity index (χ0v) is 8.69. The number of rotatable bonds is 5. The summed E-state index contributed by atoms with van der Waals surface area (Å²) in [7, 11) is 0. The van der Waals surface area contributed by atoms with Crippen LogP contribution in [0.5, 0.6) is 0 Å². The summed E-state index contributed by atoms with van der Waals surface area (Å²) in [4.78, 5) is 15.8. The van der Waals surface area contributed by atoms with Crippen LogP contribution in [0.1, 0.15) is 28.5 Å². The summed E-state index contributed by atoms with van der Waals surface area (Å²) in [6.45, 7) is 4.93. The maximum atomic E-state index is 10.9. The molecule has 3 nitrogen and oxygen atoms in total.